The molecule has 0 bridgehead atoms. The van der Waals surface area contributed by atoms with Crippen molar-refractivity contribution < 1.29 is 9.59 Å². The zero-order valence-electron chi connectivity index (χ0n) is 7.83. The topological polar surface area (TPSA) is 72.2 Å². The lowest BCUT2D eigenvalue weighted by molar-refractivity contribution is -0.131. The summed E-state index contributed by atoms with van der Waals surface area (Å²) in [6.07, 6.45) is 4.96. The first-order valence-electron chi connectivity index (χ1n) is 4.01. The highest BCUT2D eigenvalue weighted by Crippen LogP contribution is 2.09. The van der Waals surface area contributed by atoms with E-state index >= 15 is 0 Å². The van der Waals surface area contributed by atoms with E-state index in [0.717, 1.165) is 0 Å². The maximum atomic E-state index is 11.2. The van der Waals surface area contributed by atoms with Crippen LogP contribution in [-0.2, 0) is 9.59 Å². The second-order valence-corrected chi connectivity index (χ2v) is 2.90. The average Bonchev–Trinajstić information content (AvgIpc) is 2.11. The number of nitrogens with two attached hydrogens (primary N) is 1. The Hall–Kier alpha value is -1.50. The molecule has 0 aromatic heterocycles. The fraction of sp³-hybridized carbons (Fsp3) is 0.556. The molecule has 2 unspecified atom stereocenters. The minimum Gasteiger partial charge on any atom is -0.369 e. The van der Waals surface area contributed by atoms with Crippen LogP contribution in [0.3, 0.4) is 0 Å². The van der Waals surface area contributed by atoms with Crippen molar-refractivity contribution in [1.29, 1.82) is 0 Å². The molecule has 2 atom stereocenters. The highest BCUT2D eigenvalue weighted by atomic mass is 16.2. The van der Waals surface area contributed by atoms with Crippen LogP contribution in [0.15, 0.2) is 0 Å². The van der Waals surface area contributed by atoms with E-state index in [1.807, 2.05) is 0 Å². The minimum atomic E-state index is -0.483. The first-order valence-corrected chi connectivity index (χ1v) is 4.01. The molecule has 0 saturated carbocycles. The molecular weight excluding hydrogens is 168 g/mol. The van der Waals surface area contributed by atoms with Gasteiger partial charge in [0.25, 0.3) is 0 Å². The predicted octanol–water partition coefficient (Wildman–Crippen LogP) is -0.507. The van der Waals surface area contributed by atoms with Crippen molar-refractivity contribution in [3.8, 4) is 12.3 Å². The highest BCUT2D eigenvalue weighted by Gasteiger charge is 2.23. The van der Waals surface area contributed by atoms with Crippen LogP contribution in [-0.4, -0.2) is 18.4 Å². The van der Waals surface area contributed by atoms with Crippen molar-refractivity contribution in [2.75, 3.05) is 6.54 Å². The SMILES string of the molecule is C#CCNC(=O)C(C)C(C)C(N)=O. The average molecular weight is 182 g/mol. The van der Waals surface area contributed by atoms with Gasteiger partial charge in [-0.1, -0.05) is 19.8 Å². The summed E-state index contributed by atoms with van der Waals surface area (Å²) in [6, 6.07) is 0. The second kappa shape index (κ2) is 5.20. The summed E-state index contributed by atoms with van der Waals surface area (Å²) in [5.74, 6) is 0.631. The van der Waals surface area contributed by atoms with E-state index < -0.39 is 17.7 Å². The van der Waals surface area contributed by atoms with Gasteiger partial charge in [0.1, 0.15) is 0 Å². The Kier molecular flexibility index (Phi) is 4.60. The monoisotopic (exact) mass is 182 g/mol. The van der Waals surface area contributed by atoms with Gasteiger partial charge in [-0.05, 0) is 0 Å². The van der Waals surface area contributed by atoms with E-state index in [2.05, 4.69) is 11.2 Å². The van der Waals surface area contributed by atoms with Crippen LogP contribution in [0.1, 0.15) is 13.8 Å². The third-order valence-electron chi connectivity index (χ3n) is 1.98. The number of primary amides is 1. The van der Waals surface area contributed by atoms with Crippen molar-refractivity contribution in [1.82, 2.24) is 5.32 Å². The minimum absolute atomic E-state index is 0.175. The Bertz CT molecular complexity index is 242. The van der Waals surface area contributed by atoms with Gasteiger partial charge in [-0.25, -0.2) is 0 Å². The summed E-state index contributed by atoms with van der Waals surface area (Å²) < 4.78 is 0. The molecule has 2 amide bonds. The first kappa shape index (κ1) is 11.5. The number of terminal acetylenes is 1. The van der Waals surface area contributed by atoms with Crippen LogP contribution in [0, 0.1) is 24.2 Å². The molecule has 0 aromatic rings. The number of amides is 2. The molecule has 0 aliphatic rings. The Labute approximate surface area is 77.9 Å². The van der Waals surface area contributed by atoms with Gasteiger partial charge in [0, 0.05) is 11.8 Å². The van der Waals surface area contributed by atoms with E-state index in [4.69, 9.17) is 12.2 Å². The summed E-state index contributed by atoms with van der Waals surface area (Å²) in [5.41, 5.74) is 5.04. The third-order valence-corrected chi connectivity index (χ3v) is 1.98. The Morgan fingerprint density at radius 2 is 2.00 bits per heavy atom. The molecule has 4 heteroatoms. The largest absolute Gasteiger partial charge is 0.369 e. The number of nitrogens with one attached hydrogen (secondary N) is 1. The number of hydrogen-bond acceptors (Lipinski definition) is 2. The lowest BCUT2D eigenvalue weighted by Gasteiger charge is -2.15. The van der Waals surface area contributed by atoms with E-state index in [-0.39, 0.29) is 12.5 Å². The van der Waals surface area contributed by atoms with Crippen LogP contribution in [0.4, 0.5) is 0 Å². The molecule has 0 radical (unpaired) electrons. The number of rotatable bonds is 4. The van der Waals surface area contributed by atoms with Crippen LogP contribution in [0.5, 0.6) is 0 Å². The van der Waals surface area contributed by atoms with Gasteiger partial charge in [0.15, 0.2) is 0 Å². The van der Waals surface area contributed by atoms with Crippen molar-refractivity contribution in [2.24, 2.45) is 17.6 Å². The van der Waals surface area contributed by atoms with Crippen molar-refractivity contribution >= 4 is 11.8 Å². The second-order valence-electron chi connectivity index (χ2n) is 2.90. The molecule has 0 aliphatic heterocycles. The molecule has 4 nitrogen and oxygen atoms in total. The van der Waals surface area contributed by atoms with E-state index in [0.29, 0.717) is 0 Å². The van der Waals surface area contributed by atoms with Gasteiger partial charge in [-0.2, -0.15) is 0 Å². The van der Waals surface area contributed by atoms with Crippen LogP contribution in [0.25, 0.3) is 0 Å². The zero-order valence-corrected chi connectivity index (χ0v) is 7.83. The summed E-state index contributed by atoms with van der Waals surface area (Å²) in [5, 5.41) is 2.49. The van der Waals surface area contributed by atoms with E-state index in [9.17, 15) is 9.59 Å². The highest BCUT2D eigenvalue weighted by molar-refractivity contribution is 5.86. The summed E-state index contributed by atoms with van der Waals surface area (Å²) >= 11 is 0. The van der Waals surface area contributed by atoms with E-state index in [1.54, 1.807) is 13.8 Å². The van der Waals surface area contributed by atoms with Gasteiger partial charge in [-0.15, -0.1) is 6.42 Å². The molecule has 72 valence electrons. The van der Waals surface area contributed by atoms with Crippen LogP contribution >= 0.6 is 0 Å². The third kappa shape index (κ3) is 3.61. The van der Waals surface area contributed by atoms with Gasteiger partial charge in [0.05, 0.1) is 6.54 Å². The Morgan fingerprint density at radius 3 is 2.38 bits per heavy atom. The molecule has 3 N–H and O–H groups in total. The number of carbonyl (C=O) groups excluding carboxylic acids is 2. The van der Waals surface area contributed by atoms with Crippen LogP contribution < -0.4 is 11.1 Å². The molecule has 0 saturated heterocycles. The molecule has 0 aromatic carbocycles. The number of hydrogen-bond donors (Lipinski definition) is 2. The quantitative estimate of drug-likeness (QED) is 0.575. The lowest BCUT2D eigenvalue weighted by atomic mass is 9.95. The van der Waals surface area contributed by atoms with Crippen molar-refractivity contribution in [3.05, 3.63) is 0 Å². The molecule has 0 rings (SSSR count). The van der Waals surface area contributed by atoms with Gasteiger partial charge in [0.2, 0.25) is 11.8 Å². The normalized spacial score (nSPS) is 13.9. The van der Waals surface area contributed by atoms with Crippen molar-refractivity contribution in [2.45, 2.75) is 13.8 Å². The first-order chi connectivity index (χ1) is 6.00. The molecule has 0 aliphatic carbocycles. The fourth-order valence-corrected chi connectivity index (χ4v) is 0.773. The van der Waals surface area contributed by atoms with Crippen molar-refractivity contribution in [3.63, 3.8) is 0 Å². The van der Waals surface area contributed by atoms with E-state index in [1.165, 1.54) is 0 Å². The van der Waals surface area contributed by atoms with Crippen LogP contribution in [0.2, 0.25) is 0 Å². The predicted molar refractivity (Wildman–Crippen MR) is 49.4 cm³/mol. The van der Waals surface area contributed by atoms with Gasteiger partial charge >= 0.3 is 0 Å². The fourth-order valence-electron chi connectivity index (χ4n) is 0.773. The lowest BCUT2D eigenvalue weighted by Crippen LogP contribution is -2.37. The summed E-state index contributed by atoms with van der Waals surface area (Å²) in [7, 11) is 0. The molecular formula is C9H14N2O2. The Morgan fingerprint density at radius 1 is 1.46 bits per heavy atom. The molecule has 0 spiro atoms. The maximum Gasteiger partial charge on any atom is 0.224 e. The van der Waals surface area contributed by atoms with Gasteiger partial charge < -0.3 is 11.1 Å². The smallest absolute Gasteiger partial charge is 0.224 e. The number of carbonyl (C=O) groups is 2. The molecule has 13 heavy (non-hydrogen) atoms. The summed E-state index contributed by atoms with van der Waals surface area (Å²) in [4.78, 5) is 22.0. The maximum absolute atomic E-state index is 11.2. The van der Waals surface area contributed by atoms with Gasteiger partial charge in [-0.3, -0.25) is 9.59 Å². The standard InChI is InChI=1S/C9H14N2O2/c1-4-5-11-9(13)7(3)6(2)8(10)12/h1,6-7H,5H2,2-3H3,(H2,10,12)(H,11,13). The zero-order chi connectivity index (χ0) is 10.4. The molecule has 0 fully saturated rings. The molecule has 0 heterocycles. The summed E-state index contributed by atoms with van der Waals surface area (Å²) in [6.45, 7) is 3.43. The Balaban J connectivity index is 4.11.